The molecule has 0 atom stereocenters. The normalized spacial score (nSPS) is 10.2. The number of aromatic amines is 1. The molecule has 0 saturated carbocycles. The van der Waals surface area contributed by atoms with Crippen molar-refractivity contribution in [3.8, 4) is 0 Å². The van der Waals surface area contributed by atoms with E-state index in [1.165, 1.54) is 10.8 Å². The van der Waals surface area contributed by atoms with Crippen LogP contribution >= 0.6 is 31.9 Å². The Balaban J connectivity index is 3.24. The number of hydrogen-bond donors (Lipinski definition) is 1. The number of hydrogen-bond acceptors (Lipinski definition) is 2. The predicted molar refractivity (Wildman–Crippen MR) is 52.8 cm³/mol. The number of H-pyrrole nitrogens is 1. The van der Waals surface area contributed by atoms with E-state index in [1.54, 1.807) is 0 Å². The van der Waals surface area contributed by atoms with Crippen LogP contribution in [-0.4, -0.2) is 14.9 Å². The van der Waals surface area contributed by atoms with Gasteiger partial charge in [-0.15, -0.1) is 0 Å². The number of rotatable bonds is 2. The van der Waals surface area contributed by atoms with Crippen LogP contribution in [-0.2, 0) is 6.54 Å². The van der Waals surface area contributed by atoms with E-state index >= 15 is 0 Å². The van der Waals surface area contributed by atoms with E-state index in [0.29, 0.717) is 16.3 Å². The molecule has 0 spiro atoms. The van der Waals surface area contributed by atoms with Gasteiger partial charge in [-0.1, -0.05) is 15.9 Å². The third-order valence-electron chi connectivity index (χ3n) is 1.29. The highest BCUT2D eigenvalue weighted by Crippen LogP contribution is 1.97. The number of aryl methyl sites for hydroxylation is 1. The van der Waals surface area contributed by atoms with Crippen LogP contribution in [0.25, 0.3) is 0 Å². The number of halogens is 2. The largest absolute Gasteiger partial charge is 0.328 e. The summed E-state index contributed by atoms with van der Waals surface area (Å²) in [7, 11) is 0. The Morgan fingerprint density at radius 1 is 1.50 bits per heavy atom. The zero-order valence-corrected chi connectivity index (χ0v) is 9.18. The molecule has 1 aromatic heterocycles. The van der Waals surface area contributed by atoms with Gasteiger partial charge in [0.25, 0.3) is 5.56 Å². The van der Waals surface area contributed by atoms with E-state index in [-0.39, 0.29) is 5.69 Å². The molecule has 0 aliphatic rings. The summed E-state index contributed by atoms with van der Waals surface area (Å²) in [6.45, 7) is 0.536. The first-order valence-corrected chi connectivity index (χ1v) is 5.12. The molecule has 1 N–H and O–H groups in total. The van der Waals surface area contributed by atoms with Crippen LogP contribution in [0.1, 0.15) is 0 Å². The monoisotopic (exact) mass is 296 g/mol. The summed E-state index contributed by atoms with van der Waals surface area (Å²) in [5.74, 6) is 0. The fourth-order valence-electron chi connectivity index (χ4n) is 0.740. The summed E-state index contributed by atoms with van der Waals surface area (Å²) in [6, 6.07) is 0. The smallest absolute Gasteiger partial charge is 0.299 e. The predicted octanol–water partition coefficient (Wildman–Crippen LogP) is 0.694. The quantitative estimate of drug-likeness (QED) is 0.817. The SMILES string of the molecule is O=c1[nH]c(=O)n(CCBr)cc1Br. The second kappa shape index (κ2) is 4.04. The van der Waals surface area contributed by atoms with Gasteiger partial charge in [0.15, 0.2) is 0 Å². The molecule has 0 unspecified atom stereocenters. The summed E-state index contributed by atoms with van der Waals surface area (Å²) in [5.41, 5.74) is -0.784. The molecular formula is C6H6Br2N2O2. The lowest BCUT2D eigenvalue weighted by Crippen LogP contribution is -2.30. The Morgan fingerprint density at radius 3 is 2.75 bits per heavy atom. The molecule has 12 heavy (non-hydrogen) atoms. The minimum Gasteiger partial charge on any atom is -0.299 e. The maximum atomic E-state index is 11.0. The van der Waals surface area contributed by atoms with Crippen molar-refractivity contribution in [3.63, 3.8) is 0 Å². The van der Waals surface area contributed by atoms with Gasteiger partial charge in [0.2, 0.25) is 0 Å². The summed E-state index contributed by atoms with van der Waals surface area (Å²) in [6.07, 6.45) is 1.47. The van der Waals surface area contributed by atoms with Crippen molar-refractivity contribution in [2.75, 3.05) is 5.33 Å². The molecule has 0 fully saturated rings. The minimum atomic E-state index is -0.397. The molecule has 4 nitrogen and oxygen atoms in total. The Morgan fingerprint density at radius 2 is 2.17 bits per heavy atom. The van der Waals surface area contributed by atoms with E-state index < -0.39 is 5.56 Å². The molecule has 0 amide bonds. The van der Waals surface area contributed by atoms with Gasteiger partial charge in [-0.25, -0.2) is 4.79 Å². The molecule has 0 aliphatic heterocycles. The summed E-state index contributed by atoms with van der Waals surface area (Å²) < 4.78 is 1.78. The summed E-state index contributed by atoms with van der Waals surface area (Å²) in [5, 5.41) is 0.672. The topological polar surface area (TPSA) is 54.9 Å². The lowest BCUT2D eigenvalue weighted by Gasteiger charge is -2.00. The Hall–Kier alpha value is -0.360. The third-order valence-corrected chi connectivity index (χ3v) is 2.21. The average molecular weight is 298 g/mol. The molecule has 0 aliphatic carbocycles. The van der Waals surface area contributed by atoms with Gasteiger partial charge in [-0.2, -0.15) is 0 Å². The first kappa shape index (κ1) is 9.73. The zero-order valence-electron chi connectivity index (χ0n) is 6.01. The molecule has 0 aromatic carbocycles. The lowest BCUT2D eigenvalue weighted by atomic mass is 10.6. The second-order valence-electron chi connectivity index (χ2n) is 2.12. The molecule has 6 heteroatoms. The lowest BCUT2D eigenvalue weighted by molar-refractivity contribution is 0.698. The average Bonchev–Trinajstić information content (AvgIpc) is 2.01. The third kappa shape index (κ3) is 2.07. The van der Waals surface area contributed by atoms with E-state index in [1.807, 2.05) is 0 Å². The number of alkyl halides is 1. The van der Waals surface area contributed by atoms with E-state index in [2.05, 4.69) is 36.8 Å². The van der Waals surface area contributed by atoms with Gasteiger partial charge in [0.1, 0.15) is 0 Å². The van der Waals surface area contributed by atoms with Crippen LogP contribution in [0.15, 0.2) is 20.3 Å². The first-order valence-electron chi connectivity index (χ1n) is 3.20. The highest BCUT2D eigenvalue weighted by Gasteiger charge is 1.99. The zero-order chi connectivity index (χ0) is 9.14. The molecule has 0 bridgehead atoms. The highest BCUT2D eigenvalue weighted by atomic mass is 79.9. The molecule has 0 radical (unpaired) electrons. The van der Waals surface area contributed by atoms with Gasteiger partial charge in [-0.05, 0) is 15.9 Å². The molecule has 1 heterocycles. The Bertz CT molecular complexity index is 382. The van der Waals surface area contributed by atoms with Crippen molar-refractivity contribution in [2.45, 2.75) is 6.54 Å². The minimum absolute atomic E-state index is 0.364. The fourth-order valence-corrected chi connectivity index (χ4v) is 1.47. The molecule has 1 rings (SSSR count). The van der Waals surface area contributed by atoms with Crippen molar-refractivity contribution in [1.29, 1.82) is 0 Å². The fraction of sp³-hybridized carbons (Fsp3) is 0.333. The maximum Gasteiger partial charge on any atom is 0.328 e. The summed E-state index contributed by atoms with van der Waals surface area (Å²) >= 11 is 6.23. The second-order valence-corrected chi connectivity index (χ2v) is 3.77. The Kier molecular flexibility index (Phi) is 3.28. The van der Waals surface area contributed by atoms with Crippen molar-refractivity contribution in [1.82, 2.24) is 9.55 Å². The molecule has 0 saturated heterocycles. The number of nitrogens with zero attached hydrogens (tertiary/aromatic N) is 1. The van der Waals surface area contributed by atoms with Crippen molar-refractivity contribution in [2.24, 2.45) is 0 Å². The van der Waals surface area contributed by atoms with E-state index in [4.69, 9.17) is 0 Å². The van der Waals surface area contributed by atoms with Crippen LogP contribution in [0.3, 0.4) is 0 Å². The van der Waals surface area contributed by atoms with Crippen LogP contribution in [0.5, 0.6) is 0 Å². The van der Waals surface area contributed by atoms with E-state index in [0.717, 1.165) is 0 Å². The van der Waals surface area contributed by atoms with Crippen LogP contribution < -0.4 is 11.2 Å². The van der Waals surface area contributed by atoms with Crippen LogP contribution in [0, 0.1) is 0 Å². The van der Waals surface area contributed by atoms with Gasteiger partial charge in [0.05, 0.1) is 4.47 Å². The summed E-state index contributed by atoms with van der Waals surface area (Å²) in [4.78, 5) is 24.1. The van der Waals surface area contributed by atoms with Crippen molar-refractivity contribution < 1.29 is 0 Å². The number of aromatic nitrogens is 2. The van der Waals surface area contributed by atoms with Crippen molar-refractivity contribution >= 4 is 31.9 Å². The van der Waals surface area contributed by atoms with Crippen molar-refractivity contribution in [3.05, 3.63) is 31.5 Å². The van der Waals surface area contributed by atoms with Gasteiger partial charge in [0, 0.05) is 18.1 Å². The van der Waals surface area contributed by atoms with Gasteiger partial charge < -0.3 is 0 Å². The number of nitrogens with one attached hydrogen (secondary N) is 1. The van der Waals surface area contributed by atoms with Gasteiger partial charge >= 0.3 is 5.69 Å². The Labute approximate surface area is 84.9 Å². The molecular weight excluding hydrogens is 292 g/mol. The van der Waals surface area contributed by atoms with Crippen LogP contribution in [0.4, 0.5) is 0 Å². The molecule has 66 valence electrons. The molecule has 1 aromatic rings. The highest BCUT2D eigenvalue weighted by molar-refractivity contribution is 9.10. The first-order chi connectivity index (χ1) is 5.65. The van der Waals surface area contributed by atoms with Gasteiger partial charge in [-0.3, -0.25) is 14.3 Å². The van der Waals surface area contributed by atoms with E-state index in [9.17, 15) is 9.59 Å². The van der Waals surface area contributed by atoms with Crippen LogP contribution in [0.2, 0.25) is 0 Å². The maximum absolute atomic E-state index is 11.0. The standard InChI is InChI=1S/C6H6Br2N2O2/c7-1-2-10-3-4(8)5(11)9-6(10)12/h3H,1-2H2,(H,9,11,12).